The molecule has 5 nitrogen and oxygen atoms in total. The Bertz CT molecular complexity index is 473. The van der Waals surface area contributed by atoms with Gasteiger partial charge in [-0.2, -0.15) is 13.2 Å². The number of amides is 1. The first-order chi connectivity index (χ1) is 9.41. The number of alkyl halides is 3. The number of aromatic nitrogens is 2. The van der Waals surface area contributed by atoms with E-state index in [0.717, 1.165) is 12.6 Å². The van der Waals surface area contributed by atoms with Gasteiger partial charge in [0, 0.05) is 26.1 Å². The smallest absolute Gasteiger partial charge is 0.375 e. The predicted octanol–water partition coefficient (Wildman–Crippen LogP) is 1.78. The summed E-state index contributed by atoms with van der Waals surface area (Å²) in [5.74, 6) is -0.0623. The largest absolute Gasteiger partial charge is 0.432 e. The van der Waals surface area contributed by atoms with Crippen LogP contribution in [0.15, 0.2) is 6.20 Å². The summed E-state index contributed by atoms with van der Waals surface area (Å²) in [6.07, 6.45) is -2.18. The van der Waals surface area contributed by atoms with E-state index in [0.29, 0.717) is 19.5 Å². The molecule has 1 aliphatic heterocycles. The zero-order valence-electron chi connectivity index (χ0n) is 11.0. The highest BCUT2D eigenvalue weighted by Crippen LogP contribution is 2.30. The molecule has 8 heteroatoms. The fourth-order valence-corrected chi connectivity index (χ4v) is 2.33. The van der Waals surface area contributed by atoms with E-state index in [4.69, 9.17) is 4.74 Å². The Hall–Kier alpha value is -1.57. The van der Waals surface area contributed by atoms with Crippen LogP contribution in [0.5, 0.6) is 0 Å². The van der Waals surface area contributed by atoms with Crippen LogP contribution in [0.4, 0.5) is 13.2 Å². The van der Waals surface area contributed by atoms with Gasteiger partial charge in [-0.05, 0) is 12.8 Å². The molecule has 0 unspecified atom stereocenters. The number of H-pyrrole nitrogens is 1. The van der Waals surface area contributed by atoms with Gasteiger partial charge in [0.25, 0.3) is 0 Å². The summed E-state index contributed by atoms with van der Waals surface area (Å²) >= 11 is 0. The maximum Gasteiger partial charge on any atom is 0.432 e. The van der Waals surface area contributed by atoms with E-state index in [1.54, 1.807) is 4.90 Å². The molecule has 112 valence electrons. The van der Waals surface area contributed by atoms with Crippen molar-refractivity contribution in [3.05, 3.63) is 17.7 Å². The molecule has 1 aromatic rings. The number of rotatable bonds is 3. The monoisotopic (exact) mass is 291 g/mol. The number of carbonyl (C=O) groups excluding carboxylic acids is 1. The minimum Gasteiger partial charge on any atom is -0.375 e. The molecule has 1 amide bonds. The van der Waals surface area contributed by atoms with Crippen LogP contribution in [0.1, 0.15) is 30.3 Å². The summed E-state index contributed by atoms with van der Waals surface area (Å²) in [4.78, 5) is 19.4. The Labute approximate surface area is 114 Å². The van der Waals surface area contributed by atoms with Crippen LogP contribution in [0.2, 0.25) is 0 Å². The molecule has 20 heavy (non-hydrogen) atoms. The van der Waals surface area contributed by atoms with E-state index in [9.17, 15) is 18.0 Å². The molecule has 0 radical (unpaired) electrons. The molecule has 0 aromatic carbocycles. The lowest BCUT2D eigenvalue weighted by Crippen LogP contribution is -2.41. The summed E-state index contributed by atoms with van der Waals surface area (Å²) in [6, 6.07) is 0. The van der Waals surface area contributed by atoms with E-state index in [1.807, 2.05) is 0 Å². The van der Waals surface area contributed by atoms with Crippen LogP contribution in [0.3, 0.4) is 0 Å². The number of hydrogen-bond donors (Lipinski definition) is 1. The number of piperidine rings is 1. The minimum atomic E-state index is -4.43. The molecule has 1 aromatic heterocycles. The fourth-order valence-electron chi connectivity index (χ4n) is 2.33. The van der Waals surface area contributed by atoms with Crippen molar-refractivity contribution in [2.75, 3.05) is 26.8 Å². The Balaban J connectivity index is 2.05. The highest BCUT2D eigenvalue weighted by molar-refractivity contribution is 5.77. The highest BCUT2D eigenvalue weighted by atomic mass is 19.4. The molecule has 0 saturated carbocycles. The zero-order chi connectivity index (χ0) is 14.8. The van der Waals surface area contributed by atoms with E-state index >= 15 is 0 Å². The molecular formula is C12H16F3N3O2. The maximum absolute atomic E-state index is 12.5. The molecule has 1 atom stereocenters. The third-order valence-corrected chi connectivity index (χ3v) is 3.33. The van der Waals surface area contributed by atoms with Gasteiger partial charge in [0.15, 0.2) is 0 Å². The average Bonchev–Trinajstić information content (AvgIpc) is 2.89. The summed E-state index contributed by atoms with van der Waals surface area (Å²) in [5, 5.41) is 0. The van der Waals surface area contributed by atoms with Gasteiger partial charge in [0.05, 0.1) is 6.20 Å². The molecule has 1 saturated heterocycles. The van der Waals surface area contributed by atoms with Crippen molar-refractivity contribution in [3.8, 4) is 0 Å². The second-order valence-electron chi connectivity index (χ2n) is 4.79. The number of likely N-dealkylation sites (tertiary alicyclic amines) is 1. The Morgan fingerprint density at radius 1 is 1.60 bits per heavy atom. The number of ether oxygens (including phenoxy) is 1. The number of aromatic amines is 1. The van der Waals surface area contributed by atoms with Crippen LogP contribution in [0.25, 0.3) is 0 Å². The zero-order valence-corrected chi connectivity index (χ0v) is 11.0. The van der Waals surface area contributed by atoms with Crippen LogP contribution in [0, 0.1) is 0 Å². The first-order valence-corrected chi connectivity index (χ1v) is 6.30. The highest BCUT2D eigenvalue weighted by Gasteiger charge is 2.34. The van der Waals surface area contributed by atoms with Crippen LogP contribution in [-0.2, 0) is 15.7 Å². The summed E-state index contributed by atoms with van der Waals surface area (Å²) in [5.41, 5.74) is -0.854. The number of imidazole rings is 1. The van der Waals surface area contributed by atoms with Crippen molar-refractivity contribution in [2.24, 2.45) is 0 Å². The van der Waals surface area contributed by atoms with Crippen molar-refractivity contribution in [1.29, 1.82) is 0 Å². The van der Waals surface area contributed by atoms with Gasteiger partial charge in [0.1, 0.15) is 18.1 Å². The Morgan fingerprint density at radius 3 is 2.95 bits per heavy atom. The number of carbonyl (C=O) groups is 1. The Kier molecular flexibility index (Phi) is 4.32. The van der Waals surface area contributed by atoms with E-state index < -0.39 is 11.9 Å². The summed E-state index contributed by atoms with van der Waals surface area (Å²) in [7, 11) is 1.43. The standard InChI is InChI=1S/C12H16F3N3O2/c1-20-7-10(19)18-4-2-3-8(6-18)11-16-5-9(17-11)12(13,14)15/h5,8H,2-4,6-7H2,1H3,(H,16,17)/t8-/m0/s1. The van der Waals surface area contributed by atoms with Gasteiger partial charge in [-0.3, -0.25) is 4.79 Å². The molecular weight excluding hydrogens is 275 g/mol. The lowest BCUT2D eigenvalue weighted by Gasteiger charge is -2.31. The minimum absolute atomic E-state index is 0.0152. The van der Waals surface area contributed by atoms with Crippen LogP contribution < -0.4 is 0 Å². The van der Waals surface area contributed by atoms with Gasteiger partial charge >= 0.3 is 6.18 Å². The molecule has 1 N–H and O–H groups in total. The van der Waals surface area contributed by atoms with E-state index in [1.165, 1.54) is 7.11 Å². The Morgan fingerprint density at radius 2 is 2.35 bits per heavy atom. The number of hydrogen-bond acceptors (Lipinski definition) is 3. The average molecular weight is 291 g/mol. The second-order valence-corrected chi connectivity index (χ2v) is 4.79. The predicted molar refractivity (Wildman–Crippen MR) is 64.0 cm³/mol. The number of halogens is 3. The van der Waals surface area contributed by atoms with Gasteiger partial charge < -0.3 is 14.6 Å². The van der Waals surface area contributed by atoms with Crippen LogP contribution in [-0.4, -0.2) is 47.6 Å². The second kappa shape index (κ2) is 5.82. The van der Waals surface area contributed by atoms with Gasteiger partial charge in [0.2, 0.25) is 5.91 Å². The summed E-state index contributed by atoms with van der Waals surface area (Å²) in [6.45, 7) is 0.956. The van der Waals surface area contributed by atoms with Crippen LogP contribution >= 0.6 is 0 Å². The summed E-state index contributed by atoms with van der Waals surface area (Å²) < 4.78 is 42.3. The molecule has 1 aliphatic rings. The molecule has 0 bridgehead atoms. The number of nitrogens with zero attached hydrogens (tertiary/aromatic N) is 2. The van der Waals surface area contributed by atoms with Crippen molar-refractivity contribution >= 4 is 5.91 Å². The van der Waals surface area contributed by atoms with E-state index in [-0.39, 0.29) is 24.3 Å². The molecule has 2 rings (SSSR count). The van der Waals surface area contributed by atoms with Crippen molar-refractivity contribution in [1.82, 2.24) is 14.9 Å². The molecule has 0 aliphatic carbocycles. The topological polar surface area (TPSA) is 58.2 Å². The molecule has 1 fully saturated rings. The van der Waals surface area contributed by atoms with Crippen molar-refractivity contribution in [3.63, 3.8) is 0 Å². The number of methoxy groups -OCH3 is 1. The quantitative estimate of drug-likeness (QED) is 0.923. The molecule has 0 spiro atoms. The lowest BCUT2D eigenvalue weighted by atomic mass is 9.97. The maximum atomic E-state index is 12.5. The SMILES string of the molecule is COCC(=O)N1CCC[C@H](c2ncc(C(F)(F)F)[nH]2)C1. The third-order valence-electron chi connectivity index (χ3n) is 3.33. The van der Waals surface area contributed by atoms with Crippen molar-refractivity contribution in [2.45, 2.75) is 24.9 Å². The first-order valence-electron chi connectivity index (χ1n) is 6.30. The molecule has 2 heterocycles. The van der Waals surface area contributed by atoms with Crippen molar-refractivity contribution < 1.29 is 22.7 Å². The number of nitrogens with one attached hydrogen (secondary N) is 1. The van der Waals surface area contributed by atoms with E-state index in [2.05, 4.69) is 9.97 Å². The van der Waals surface area contributed by atoms with Gasteiger partial charge in [-0.25, -0.2) is 4.98 Å². The third kappa shape index (κ3) is 3.30. The first kappa shape index (κ1) is 14.8. The van der Waals surface area contributed by atoms with Gasteiger partial charge in [-0.15, -0.1) is 0 Å². The lowest BCUT2D eigenvalue weighted by molar-refractivity contribution is -0.141. The fraction of sp³-hybridized carbons (Fsp3) is 0.667. The van der Waals surface area contributed by atoms with Gasteiger partial charge in [-0.1, -0.05) is 0 Å². The normalized spacial score (nSPS) is 20.2.